The van der Waals surface area contributed by atoms with Gasteiger partial charge in [0.15, 0.2) is 0 Å². The highest BCUT2D eigenvalue weighted by atomic mass is 35.6. The molecule has 1 aromatic carbocycles. The van der Waals surface area contributed by atoms with Gasteiger partial charge < -0.3 is 15.0 Å². The molecule has 3 rings (SSSR count). The zero-order valence-electron chi connectivity index (χ0n) is 14.5. The Hall–Kier alpha value is -0.940. The molecule has 0 saturated carbocycles. The Morgan fingerprint density at radius 3 is 2.38 bits per heavy atom. The Balaban J connectivity index is 1.90. The molecule has 1 atom stereocenters. The summed E-state index contributed by atoms with van der Waals surface area (Å²) in [6, 6.07) is 8.35. The molecule has 1 unspecified atom stereocenters. The van der Waals surface area contributed by atoms with Crippen molar-refractivity contribution in [2.24, 2.45) is 0 Å². The molecule has 7 heteroatoms. The Morgan fingerprint density at radius 1 is 1.08 bits per heavy atom. The number of morpholine rings is 1. The summed E-state index contributed by atoms with van der Waals surface area (Å²) in [6.07, 6.45) is 3.89. The minimum atomic E-state index is -1.62. The standard InChI is InChI=1S/C19H23Cl3N2O2/c20-19(21,22)17(23-18(25)14-6-2-1-3-7-14)15-8-4-5-9-16(15)24-10-12-26-13-11-24/h1-3,6-7,17H,4-5,8-13H2,(H,23,25). The fraction of sp³-hybridized carbons (Fsp3) is 0.526. The first-order valence-electron chi connectivity index (χ1n) is 8.94. The van der Waals surface area contributed by atoms with Crippen LogP contribution in [0.15, 0.2) is 41.6 Å². The van der Waals surface area contributed by atoms with Crippen LogP contribution in [0.1, 0.15) is 36.0 Å². The van der Waals surface area contributed by atoms with Gasteiger partial charge in [-0.25, -0.2) is 0 Å². The largest absolute Gasteiger partial charge is 0.378 e. The molecule has 1 aliphatic carbocycles. The van der Waals surface area contributed by atoms with Crippen molar-refractivity contribution < 1.29 is 9.53 Å². The predicted octanol–water partition coefficient (Wildman–Crippen LogP) is 4.32. The van der Waals surface area contributed by atoms with E-state index in [-0.39, 0.29) is 5.91 Å². The van der Waals surface area contributed by atoms with E-state index in [1.165, 1.54) is 5.70 Å². The fourth-order valence-corrected chi connectivity index (χ4v) is 4.15. The zero-order chi connectivity index (χ0) is 18.6. The summed E-state index contributed by atoms with van der Waals surface area (Å²) in [4.78, 5) is 15.0. The lowest BCUT2D eigenvalue weighted by Crippen LogP contribution is -2.47. The van der Waals surface area contributed by atoms with E-state index >= 15 is 0 Å². The summed E-state index contributed by atoms with van der Waals surface area (Å²) >= 11 is 18.9. The first-order chi connectivity index (χ1) is 12.5. The smallest absolute Gasteiger partial charge is 0.251 e. The summed E-state index contributed by atoms with van der Waals surface area (Å²) in [5, 5.41) is 2.96. The molecule has 1 aliphatic heterocycles. The molecule has 142 valence electrons. The van der Waals surface area contributed by atoms with Crippen molar-refractivity contribution >= 4 is 40.7 Å². The van der Waals surface area contributed by atoms with Crippen LogP contribution in [0.25, 0.3) is 0 Å². The van der Waals surface area contributed by atoms with Crippen LogP contribution in [-0.4, -0.2) is 46.9 Å². The normalized spacial score (nSPS) is 20.0. The molecule has 1 saturated heterocycles. The van der Waals surface area contributed by atoms with E-state index in [1.54, 1.807) is 12.1 Å². The van der Waals surface area contributed by atoms with Gasteiger partial charge in [-0.15, -0.1) is 0 Å². The van der Waals surface area contributed by atoms with E-state index in [9.17, 15) is 4.79 Å². The lowest BCUT2D eigenvalue weighted by Gasteiger charge is -2.39. The van der Waals surface area contributed by atoms with Crippen LogP contribution in [0.2, 0.25) is 0 Å². The van der Waals surface area contributed by atoms with Crippen molar-refractivity contribution in [1.82, 2.24) is 10.2 Å². The second-order valence-corrected chi connectivity index (χ2v) is 8.96. The fourth-order valence-electron chi connectivity index (χ4n) is 3.59. The van der Waals surface area contributed by atoms with Gasteiger partial charge in [0, 0.05) is 24.4 Å². The van der Waals surface area contributed by atoms with Gasteiger partial charge >= 0.3 is 0 Å². The number of allylic oxidation sites excluding steroid dienone is 1. The number of nitrogens with one attached hydrogen (secondary N) is 1. The Morgan fingerprint density at radius 2 is 1.73 bits per heavy atom. The van der Waals surface area contributed by atoms with Crippen LogP contribution >= 0.6 is 34.8 Å². The first kappa shape index (κ1) is 19.8. The number of alkyl halides is 3. The lowest BCUT2D eigenvalue weighted by molar-refractivity contribution is 0.0502. The number of carbonyl (C=O) groups excluding carboxylic acids is 1. The second-order valence-electron chi connectivity index (χ2n) is 6.59. The molecule has 0 radical (unpaired) electrons. The van der Waals surface area contributed by atoms with Crippen molar-refractivity contribution in [3.05, 3.63) is 47.2 Å². The molecule has 2 aliphatic rings. The van der Waals surface area contributed by atoms with Crippen molar-refractivity contribution in [3.63, 3.8) is 0 Å². The molecular formula is C19H23Cl3N2O2. The van der Waals surface area contributed by atoms with Gasteiger partial charge in [0.25, 0.3) is 5.91 Å². The van der Waals surface area contributed by atoms with E-state index in [1.807, 2.05) is 18.2 Å². The monoisotopic (exact) mass is 416 g/mol. The van der Waals surface area contributed by atoms with E-state index < -0.39 is 9.83 Å². The molecule has 0 spiro atoms. The Bertz CT molecular complexity index is 652. The van der Waals surface area contributed by atoms with E-state index in [4.69, 9.17) is 39.5 Å². The SMILES string of the molecule is O=C(NC(C1=C(N2CCOCC2)CCCC1)C(Cl)(Cl)Cl)c1ccccc1. The molecule has 0 bridgehead atoms. The maximum absolute atomic E-state index is 12.7. The summed E-state index contributed by atoms with van der Waals surface area (Å²) in [6.45, 7) is 3.06. The molecule has 1 heterocycles. The number of halogens is 3. The van der Waals surface area contributed by atoms with Gasteiger partial charge in [-0.05, 0) is 43.4 Å². The number of benzene rings is 1. The van der Waals surface area contributed by atoms with Crippen LogP contribution in [0.5, 0.6) is 0 Å². The Kier molecular flexibility index (Phi) is 6.73. The highest BCUT2D eigenvalue weighted by Crippen LogP contribution is 2.40. The molecule has 1 aromatic rings. The number of carbonyl (C=O) groups is 1. The molecule has 1 fully saturated rings. The predicted molar refractivity (Wildman–Crippen MR) is 106 cm³/mol. The van der Waals surface area contributed by atoms with Gasteiger partial charge in [0.2, 0.25) is 3.79 Å². The maximum atomic E-state index is 12.7. The topological polar surface area (TPSA) is 41.6 Å². The van der Waals surface area contributed by atoms with Crippen LogP contribution in [-0.2, 0) is 4.74 Å². The van der Waals surface area contributed by atoms with Crippen LogP contribution in [0.3, 0.4) is 0 Å². The highest BCUT2D eigenvalue weighted by Gasteiger charge is 2.39. The van der Waals surface area contributed by atoms with Crippen molar-refractivity contribution in [3.8, 4) is 0 Å². The number of hydrogen-bond acceptors (Lipinski definition) is 3. The average Bonchev–Trinajstić information content (AvgIpc) is 2.66. The van der Waals surface area contributed by atoms with Gasteiger partial charge in [-0.3, -0.25) is 4.79 Å². The number of ether oxygens (including phenoxy) is 1. The van der Waals surface area contributed by atoms with Gasteiger partial charge in [-0.2, -0.15) is 0 Å². The molecule has 1 N–H and O–H groups in total. The third-order valence-corrected chi connectivity index (χ3v) is 5.52. The molecular weight excluding hydrogens is 395 g/mol. The van der Waals surface area contributed by atoms with Gasteiger partial charge in [0.05, 0.1) is 19.3 Å². The van der Waals surface area contributed by atoms with E-state index in [2.05, 4.69) is 10.2 Å². The average molecular weight is 418 g/mol. The summed E-state index contributed by atoms with van der Waals surface area (Å²) in [7, 11) is 0. The minimum absolute atomic E-state index is 0.235. The molecule has 1 amide bonds. The van der Waals surface area contributed by atoms with Crippen molar-refractivity contribution in [2.75, 3.05) is 26.3 Å². The quantitative estimate of drug-likeness (QED) is 0.742. The molecule has 4 nitrogen and oxygen atoms in total. The van der Waals surface area contributed by atoms with Crippen LogP contribution in [0.4, 0.5) is 0 Å². The highest BCUT2D eigenvalue weighted by molar-refractivity contribution is 6.68. The zero-order valence-corrected chi connectivity index (χ0v) is 16.8. The van der Waals surface area contributed by atoms with Crippen molar-refractivity contribution in [1.29, 1.82) is 0 Å². The number of rotatable bonds is 4. The first-order valence-corrected chi connectivity index (χ1v) is 10.1. The summed E-state index contributed by atoms with van der Waals surface area (Å²) in [5.41, 5.74) is 2.78. The molecule has 0 aromatic heterocycles. The summed E-state index contributed by atoms with van der Waals surface area (Å²) < 4.78 is 3.85. The van der Waals surface area contributed by atoms with Crippen LogP contribution in [0, 0.1) is 0 Å². The lowest BCUT2D eigenvalue weighted by atomic mass is 9.90. The van der Waals surface area contributed by atoms with E-state index in [0.29, 0.717) is 18.8 Å². The van der Waals surface area contributed by atoms with Gasteiger partial charge in [0.1, 0.15) is 0 Å². The number of nitrogens with zero attached hydrogens (tertiary/aromatic N) is 1. The maximum Gasteiger partial charge on any atom is 0.251 e. The van der Waals surface area contributed by atoms with E-state index in [0.717, 1.165) is 44.3 Å². The molecule has 26 heavy (non-hydrogen) atoms. The second kappa shape index (κ2) is 8.83. The number of amides is 1. The van der Waals surface area contributed by atoms with Gasteiger partial charge in [-0.1, -0.05) is 53.0 Å². The minimum Gasteiger partial charge on any atom is -0.378 e. The summed E-state index contributed by atoms with van der Waals surface area (Å²) in [5.74, 6) is -0.235. The van der Waals surface area contributed by atoms with Crippen LogP contribution < -0.4 is 5.32 Å². The number of hydrogen-bond donors (Lipinski definition) is 1. The third-order valence-electron chi connectivity index (χ3n) is 4.86. The van der Waals surface area contributed by atoms with Crippen molar-refractivity contribution in [2.45, 2.75) is 35.5 Å². The third kappa shape index (κ3) is 4.86. The Labute approximate surface area is 169 Å².